The van der Waals surface area contributed by atoms with E-state index in [1.807, 2.05) is 11.0 Å². The number of halogens is 3. The van der Waals surface area contributed by atoms with E-state index in [-0.39, 0.29) is 31.3 Å². The maximum atomic E-state index is 12.8. The number of nitrogens with one attached hydrogen (secondary N) is 2. The first kappa shape index (κ1) is 23.4. The molecule has 1 heterocycles. The van der Waals surface area contributed by atoms with Gasteiger partial charge in [0, 0.05) is 26.2 Å². The zero-order chi connectivity index (χ0) is 22.3. The van der Waals surface area contributed by atoms with Crippen LogP contribution in [-0.2, 0) is 11.2 Å². The second kappa shape index (κ2) is 10.9. The monoisotopic (exact) mass is 438 g/mol. The lowest BCUT2D eigenvalue weighted by Gasteiger charge is -2.33. The highest BCUT2D eigenvalue weighted by atomic mass is 19.4. The van der Waals surface area contributed by atoms with Crippen LogP contribution in [0.4, 0.5) is 13.2 Å². The van der Waals surface area contributed by atoms with Gasteiger partial charge >= 0.3 is 6.18 Å². The second-order valence-corrected chi connectivity index (χ2v) is 8.67. The van der Waals surface area contributed by atoms with Crippen molar-refractivity contribution in [1.29, 1.82) is 0 Å². The molecule has 0 radical (unpaired) electrons. The molecule has 1 aromatic rings. The van der Waals surface area contributed by atoms with Crippen LogP contribution in [0.25, 0.3) is 0 Å². The Kier molecular flexibility index (Phi) is 8.21. The van der Waals surface area contributed by atoms with E-state index in [2.05, 4.69) is 39.9 Å². The first-order chi connectivity index (χ1) is 14.8. The van der Waals surface area contributed by atoms with Gasteiger partial charge in [-0.2, -0.15) is 13.2 Å². The smallest absolute Gasteiger partial charge is 0.354 e. The predicted molar refractivity (Wildman–Crippen MR) is 116 cm³/mol. The van der Waals surface area contributed by atoms with Crippen molar-refractivity contribution in [3.8, 4) is 0 Å². The maximum Gasteiger partial charge on any atom is 0.391 e. The Morgan fingerprint density at radius 1 is 1.06 bits per heavy atom. The fraction of sp³-hybridized carbons (Fsp3) is 0.652. The number of rotatable bonds is 5. The number of hydrogen-bond acceptors (Lipinski definition) is 2. The third-order valence-corrected chi connectivity index (χ3v) is 6.50. The van der Waals surface area contributed by atoms with Crippen molar-refractivity contribution in [3.63, 3.8) is 0 Å². The Labute approximate surface area is 182 Å². The molecule has 1 amide bonds. The van der Waals surface area contributed by atoms with Crippen LogP contribution in [-0.4, -0.2) is 55.7 Å². The summed E-state index contributed by atoms with van der Waals surface area (Å²) in [5.74, 6) is -0.0998. The minimum Gasteiger partial charge on any atom is -0.354 e. The molecule has 1 saturated carbocycles. The largest absolute Gasteiger partial charge is 0.391 e. The zero-order valence-corrected chi connectivity index (χ0v) is 18.1. The van der Waals surface area contributed by atoms with Crippen molar-refractivity contribution in [3.05, 3.63) is 35.9 Å². The number of carbonyl (C=O) groups is 1. The summed E-state index contributed by atoms with van der Waals surface area (Å²) in [6.45, 7) is 1.65. The molecule has 0 atom stereocenters. The predicted octanol–water partition coefficient (Wildman–Crippen LogP) is 3.75. The van der Waals surface area contributed by atoms with Gasteiger partial charge in [-0.1, -0.05) is 30.3 Å². The Morgan fingerprint density at radius 3 is 2.29 bits per heavy atom. The van der Waals surface area contributed by atoms with E-state index < -0.39 is 12.1 Å². The summed E-state index contributed by atoms with van der Waals surface area (Å²) in [6, 6.07) is 10.4. The zero-order valence-electron chi connectivity index (χ0n) is 18.1. The number of aliphatic imine (C=N–C) groups is 1. The number of amides is 1. The molecule has 0 spiro atoms. The van der Waals surface area contributed by atoms with Gasteiger partial charge in [-0.15, -0.1) is 0 Å². The van der Waals surface area contributed by atoms with Gasteiger partial charge in [-0.25, -0.2) is 0 Å². The van der Waals surface area contributed by atoms with E-state index in [4.69, 9.17) is 0 Å². The van der Waals surface area contributed by atoms with Crippen molar-refractivity contribution in [1.82, 2.24) is 15.5 Å². The molecule has 1 saturated heterocycles. The Bertz CT molecular complexity index is 722. The van der Waals surface area contributed by atoms with Crippen LogP contribution >= 0.6 is 0 Å². The fourth-order valence-electron chi connectivity index (χ4n) is 4.56. The second-order valence-electron chi connectivity index (χ2n) is 8.67. The van der Waals surface area contributed by atoms with Gasteiger partial charge in [0.15, 0.2) is 5.96 Å². The Morgan fingerprint density at radius 2 is 1.71 bits per heavy atom. The van der Waals surface area contributed by atoms with Gasteiger partial charge in [-0.3, -0.25) is 9.79 Å². The molecule has 0 bridgehead atoms. The molecule has 8 heteroatoms. The summed E-state index contributed by atoms with van der Waals surface area (Å²) >= 11 is 0. The number of alkyl halides is 3. The molecule has 2 fully saturated rings. The number of nitrogens with zero attached hydrogens (tertiary/aromatic N) is 2. The van der Waals surface area contributed by atoms with Crippen LogP contribution in [0.3, 0.4) is 0 Å². The van der Waals surface area contributed by atoms with Gasteiger partial charge in [0.2, 0.25) is 5.91 Å². The fourth-order valence-corrected chi connectivity index (χ4v) is 4.56. The molecule has 1 aromatic carbocycles. The molecule has 2 aliphatic rings. The number of piperidine rings is 1. The van der Waals surface area contributed by atoms with Crippen LogP contribution in [0.2, 0.25) is 0 Å². The molecular weight excluding hydrogens is 405 g/mol. The van der Waals surface area contributed by atoms with E-state index >= 15 is 0 Å². The number of benzene rings is 1. The lowest BCUT2D eigenvalue weighted by molar-refractivity contribution is -0.182. The highest BCUT2D eigenvalue weighted by Crippen LogP contribution is 2.37. The van der Waals surface area contributed by atoms with E-state index in [9.17, 15) is 18.0 Å². The van der Waals surface area contributed by atoms with E-state index in [0.29, 0.717) is 24.7 Å². The van der Waals surface area contributed by atoms with Crippen molar-refractivity contribution >= 4 is 11.9 Å². The van der Waals surface area contributed by atoms with Gasteiger partial charge in [-0.05, 0) is 56.4 Å². The summed E-state index contributed by atoms with van der Waals surface area (Å²) in [5, 5.41) is 6.20. The molecule has 172 valence electrons. The van der Waals surface area contributed by atoms with Crippen LogP contribution in [0.1, 0.15) is 44.1 Å². The summed E-state index contributed by atoms with van der Waals surface area (Å²) < 4.78 is 38.5. The van der Waals surface area contributed by atoms with Gasteiger partial charge < -0.3 is 15.5 Å². The van der Waals surface area contributed by atoms with Gasteiger partial charge in [0.25, 0.3) is 0 Å². The number of likely N-dealkylation sites (tertiary alicyclic amines) is 1. The molecular formula is C23H33F3N4O. The summed E-state index contributed by atoms with van der Waals surface area (Å²) in [4.78, 5) is 18.6. The average molecular weight is 439 g/mol. The van der Waals surface area contributed by atoms with E-state index in [0.717, 1.165) is 32.4 Å². The minimum absolute atomic E-state index is 0.0295. The van der Waals surface area contributed by atoms with E-state index in [1.165, 1.54) is 5.56 Å². The van der Waals surface area contributed by atoms with Gasteiger partial charge in [0.05, 0.1) is 12.5 Å². The molecule has 0 aromatic heterocycles. The third kappa shape index (κ3) is 7.14. The summed E-state index contributed by atoms with van der Waals surface area (Å²) in [7, 11) is 1.61. The Balaban J connectivity index is 1.36. The third-order valence-electron chi connectivity index (χ3n) is 6.50. The number of hydrogen-bond donors (Lipinski definition) is 2. The summed E-state index contributed by atoms with van der Waals surface area (Å²) in [6.07, 6.45) is 0.109. The van der Waals surface area contributed by atoms with E-state index in [1.54, 1.807) is 7.05 Å². The normalized spacial score (nSPS) is 23.5. The molecule has 1 aliphatic carbocycles. The Hall–Kier alpha value is -2.25. The first-order valence-electron chi connectivity index (χ1n) is 11.2. The van der Waals surface area contributed by atoms with Gasteiger partial charge in [0.1, 0.15) is 0 Å². The molecule has 3 rings (SSSR count). The number of guanidine groups is 1. The summed E-state index contributed by atoms with van der Waals surface area (Å²) in [5.41, 5.74) is 1.34. The van der Waals surface area contributed by atoms with Crippen LogP contribution in [0, 0.1) is 11.8 Å². The van der Waals surface area contributed by atoms with Crippen molar-refractivity contribution in [2.45, 2.75) is 57.2 Å². The molecule has 1 aliphatic heterocycles. The topological polar surface area (TPSA) is 56.7 Å². The molecule has 2 N–H and O–H groups in total. The SMILES string of the molecule is CN=C(NCC(=O)N1CCC(Cc2ccccc2)CC1)NC1CCC(C(F)(F)F)CC1. The van der Waals surface area contributed by atoms with Crippen molar-refractivity contribution < 1.29 is 18.0 Å². The minimum atomic E-state index is -4.11. The van der Waals surface area contributed by atoms with Crippen molar-refractivity contribution in [2.24, 2.45) is 16.8 Å². The number of carbonyl (C=O) groups excluding carboxylic acids is 1. The lowest BCUT2D eigenvalue weighted by Crippen LogP contribution is -2.49. The average Bonchev–Trinajstić information content (AvgIpc) is 2.77. The molecule has 0 unspecified atom stereocenters. The maximum absolute atomic E-state index is 12.8. The molecule has 5 nitrogen and oxygen atoms in total. The van der Waals surface area contributed by atoms with Crippen LogP contribution in [0.5, 0.6) is 0 Å². The highest BCUT2D eigenvalue weighted by molar-refractivity contribution is 5.86. The molecule has 31 heavy (non-hydrogen) atoms. The quantitative estimate of drug-likeness (QED) is 0.544. The standard InChI is InChI=1S/C23H33F3N4O/c1-27-22(29-20-9-7-19(8-10-20)23(24,25)26)28-16-21(31)30-13-11-18(12-14-30)15-17-5-3-2-4-6-17/h2-6,18-20H,7-16H2,1H3,(H2,27,28,29). The van der Waals surface area contributed by atoms with Crippen LogP contribution in [0.15, 0.2) is 35.3 Å². The van der Waals surface area contributed by atoms with Crippen LogP contribution < -0.4 is 10.6 Å². The lowest BCUT2D eigenvalue weighted by atomic mass is 9.85. The van der Waals surface area contributed by atoms with Crippen molar-refractivity contribution in [2.75, 3.05) is 26.7 Å². The first-order valence-corrected chi connectivity index (χ1v) is 11.2. The highest BCUT2D eigenvalue weighted by Gasteiger charge is 2.41.